The van der Waals surface area contributed by atoms with Crippen molar-refractivity contribution in [3.8, 4) is 0 Å². The number of hydrogen-bond acceptors (Lipinski definition) is 1. The van der Waals surface area contributed by atoms with Gasteiger partial charge in [0.25, 0.3) is 0 Å². The zero-order valence-electron chi connectivity index (χ0n) is 17.0. The standard InChI is InChI=1S/C25H40O/c1-3-5-11-21-26-22-25(18-8-6-9-19-25)20-10-7-13-24-16-14-23(12-4-2)15-17-24/h3-4,6,8-9,12,18,23-24H,1,5,7,10-11,13-17,19-22H2,2H3. The maximum atomic E-state index is 6.02. The lowest BCUT2D eigenvalue weighted by molar-refractivity contribution is 0.0612. The van der Waals surface area contributed by atoms with Gasteiger partial charge in [0.15, 0.2) is 0 Å². The minimum absolute atomic E-state index is 0.243. The second kappa shape index (κ2) is 12.3. The van der Waals surface area contributed by atoms with E-state index in [0.29, 0.717) is 0 Å². The van der Waals surface area contributed by atoms with Gasteiger partial charge in [-0.2, -0.15) is 0 Å². The third kappa shape index (κ3) is 7.66. The van der Waals surface area contributed by atoms with Crippen LogP contribution in [0.3, 0.4) is 0 Å². The summed E-state index contributed by atoms with van der Waals surface area (Å²) in [6.07, 6.45) is 30.1. The van der Waals surface area contributed by atoms with Gasteiger partial charge in [0.1, 0.15) is 0 Å². The van der Waals surface area contributed by atoms with Gasteiger partial charge in [-0.1, -0.05) is 61.8 Å². The first-order chi connectivity index (χ1) is 12.8. The van der Waals surface area contributed by atoms with E-state index in [9.17, 15) is 0 Å². The lowest BCUT2D eigenvalue weighted by Gasteiger charge is -2.32. The zero-order valence-corrected chi connectivity index (χ0v) is 17.0. The zero-order chi connectivity index (χ0) is 18.5. The monoisotopic (exact) mass is 356 g/mol. The van der Waals surface area contributed by atoms with E-state index in [1.165, 1.54) is 51.4 Å². The Balaban J connectivity index is 1.65. The molecular weight excluding hydrogens is 316 g/mol. The topological polar surface area (TPSA) is 9.23 Å². The highest BCUT2D eigenvalue weighted by molar-refractivity contribution is 5.16. The van der Waals surface area contributed by atoms with E-state index in [1.54, 1.807) is 0 Å². The molecule has 0 spiro atoms. The molecule has 0 bridgehead atoms. The van der Waals surface area contributed by atoms with Crippen LogP contribution in [0.5, 0.6) is 0 Å². The largest absolute Gasteiger partial charge is 0.381 e. The Morgan fingerprint density at radius 1 is 1.12 bits per heavy atom. The maximum Gasteiger partial charge on any atom is 0.0560 e. The van der Waals surface area contributed by atoms with Crippen molar-refractivity contribution in [3.05, 3.63) is 49.1 Å². The van der Waals surface area contributed by atoms with Crippen molar-refractivity contribution in [2.45, 2.75) is 77.6 Å². The van der Waals surface area contributed by atoms with Gasteiger partial charge in [0, 0.05) is 12.0 Å². The first kappa shape index (κ1) is 21.2. The number of unbranched alkanes of at least 4 members (excludes halogenated alkanes) is 2. The third-order valence-electron chi connectivity index (χ3n) is 6.20. The molecule has 1 nitrogen and oxygen atoms in total. The normalized spacial score (nSPS) is 28.7. The number of rotatable bonds is 12. The molecule has 0 N–H and O–H groups in total. The van der Waals surface area contributed by atoms with Crippen molar-refractivity contribution >= 4 is 0 Å². The Hall–Kier alpha value is -1.08. The fourth-order valence-electron chi connectivity index (χ4n) is 4.53. The molecule has 1 atom stereocenters. The first-order valence-electron chi connectivity index (χ1n) is 10.9. The Morgan fingerprint density at radius 3 is 2.65 bits per heavy atom. The molecule has 1 unspecified atom stereocenters. The quantitative estimate of drug-likeness (QED) is 0.261. The molecule has 0 heterocycles. The van der Waals surface area contributed by atoms with Crippen molar-refractivity contribution in [1.82, 2.24) is 0 Å². The Kier molecular flexibility index (Phi) is 10.1. The molecule has 0 aliphatic heterocycles. The van der Waals surface area contributed by atoms with Gasteiger partial charge >= 0.3 is 0 Å². The van der Waals surface area contributed by atoms with Gasteiger partial charge in [0.05, 0.1) is 6.61 Å². The van der Waals surface area contributed by atoms with E-state index < -0.39 is 0 Å². The van der Waals surface area contributed by atoms with Crippen molar-refractivity contribution < 1.29 is 4.74 Å². The molecule has 146 valence electrons. The summed E-state index contributed by atoms with van der Waals surface area (Å²) in [5.74, 6) is 1.83. The summed E-state index contributed by atoms with van der Waals surface area (Å²) in [5, 5.41) is 0. The molecule has 0 saturated heterocycles. The van der Waals surface area contributed by atoms with E-state index >= 15 is 0 Å². The number of allylic oxidation sites excluding steroid dienone is 6. The van der Waals surface area contributed by atoms with Crippen molar-refractivity contribution in [2.24, 2.45) is 17.3 Å². The Morgan fingerprint density at radius 2 is 1.96 bits per heavy atom. The first-order valence-corrected chi connectivity index (χ1v) is 10.9. The highest BCUT2D eigenvalue weighted by Crippen LogP contribution is 2.36. The SMILES string of the molecule is C=CCCCOCC1(CCCCC2CCC(C=CC)CC2)C=CC=CC1. The molecule has 2 aliphatic rings. The summed E-state index contributed by atoms with van der Waals surface area (Å²) in [4.78, 5) is 0. The van der Waals surface area contributed by atoms with Crippen LogP contribution >= 0.6 is 0 Å². The van der Waals surface area contributed by atoms with E-state index in [1.807, 2.05) is 6.08 Å². The molecule has 0 amide bonds. The number of ether oxygens (including phenoxy) is 1. The van der Waals surface area contributed by atoms with Crippen LogP contribution in [0.25, 0.3) is 0 Å². The fourth-order valence-corrected chi connectivity index (χ4v) is 4.53. The third-order valence-corrected chi connectivity index (χ3v) is 6.20. The summed E-state index contributed by atoms with van der Waals surface area (Å²) < 4.78 is 6.02. The van der Waals surface area contributed by atoms with Crippen LogP contribution < -0.4 is 0 Å². The van der Waals surface area contributed by atoms with Gasteiger partial charge < -0.3 is 4.74 Å². The highest BCUT2D eigenvalue weighted by Gasteiger charge is 2.27. The van der Waals surface area contributed by atoms with Crippen molar-refractivity contribution in [3.63, 3.8) is 0 Å². The Labute approximate surface area is 162 Å². The maximum absolute atomic E-state index is 6.02. The van der Waals surface area contributed by atoms with Crippen molar-refractivity contribution in [1.29, 1.82) is 0 Å². The summed E-state index contributed by atoms with van der Waals surface area (Å²) in [6, 6.07) is 0. The van der Waals surface area contributed by atoms with Crippen LogP contribution in [0.2, 0.25) is 0 Å². The molecule has 26 heavy (non-hydrogen) atoms. The lowest BCUT2D eigenvalue weighted by atomic mass is 9.76. The van der Waals surface area contributed by atoms with Crippen LogP contribution in [-0.2, 0) is 4.74 Å². The summed E-state index contributed by atoms with van der Waals surface area (Å²) in [5.41, 5.74) is 0.243. The average molecular weight is 357 g/mol. The van der Waals surface area contributed by atoms with Gasteiger partial charge in [-0.25, -0.2) is 0 Å². The van der Waals surface area contributed by atoms with Gasteiger partial charge in [-0.05, 0) is 70.1 Å². The average Bonchev–Trinajstić information content (AvgIpc) is 2.67. The Bertz CT molecular complexity index is 465. The van der Waals surface area contributed by atoms with E-state index in [4.69, 9.17) is 4.74 Å². The molecule has 1 saturated carbocycles. The van der Waals surface area contributed by atoms with Gasteiger partial charge in [-0.15, -0.1) is 6.58 Å². The second-order valence-corrected chi connectivity index (χ2v) is 8.39. The predicted molar refractivity (Wildman–Crippen MR) is 114 cm³/mol. The minimum Gasteiger partial charge on any atom is -0.381 e. The summed E-state index contributed by atoms with van der Waals surface area (Å²) >= 11 is 0. The molecule has 1 heteroatoms. The molecule has 1 fully saturated rings. The molecule has 0 aromatic heterocycles. The smallest absolute Gasteiger partial charge is 0.0560 e. The molecular formula is C25H40O. The van der Waals surface area contributed by atoms with E-state index in [-0.39, 0.29) is 5.41 Å². The lowest BCUT2D eigenvalue weighted by Crippen LogP contribution is -2.26. The highest BCUT2D eigenvalue weighted by atomic mass is 16.5. The molecule has 2 rings (SSSR count). The van der Waals surface area contributed by atoms with E-state index in [0.717, 1.165) is 44.3 Å². The van der Waals surface area contributed by atoms with Gasteiger partial charge in [-0.3, -0.25) is 0 Å². The summed E-state index contributed by atoms with van der Waals surface area (Å²) in [7, 11) is 0. The van der Waals surface area contributed by atoms with Gasteiger partial charge in [0.2, 0.25) is 0 Å². The summed E-state index contributed by atoms with van der Waals surface area (Å²) in [6.45, 7) is 7.67. The fraction of sp³-hybridized carbons (Fsp3) is 0.680. The molecule has 0 aromatic rings. The second-order valence-electron chi connectivity index (χ2n) is 8.39. The van der Waals surface area contributed by atoms with Crippen LogP contribution in [0, 0.1) is 17.3 Å². The van der Waals surface area contributed by atoms with Crippen LogP contribution in [-0.4, -0.2) is 13.2 Å². The molecule has 0 radical (unpaired) electrons. The molecule has 0 aromatic carbocycles. The minimum atomic E-state index is 0.243. The van der Waals surface area contributed by atoms with Crippen molar-refractivity contribution in [2.75, 3.05) is 13.2 Å². The van der Waals surface area contributed by atoms with E-state index in [2.05, 4.69) is 50.0 Å². The number of hydrogen-bond donors (Lipinski definition) is 0. The van der Waals surface area contributed by atoms with Crippen LogP contribution in [0.15, 0.2) is 49.1 Å². The van der Waals surface area contributed by atoms with Crippen LogP contribution in [0.1, 0.15) is 77.6 Å². The van der Waals surface area contributed by atoms with Crippen LogP contribution in [0.4, 0.5) is 0 Å². The predicted octanol–water partition coefficient (Wildman–Crippen LogP) is 7.41. The molecule has 2 aliphatic carbocycles.